The van der Waals surface area contributed by atoms with Crippen molar-refractivity contribution >= 4 is 21.1 Å². The first kappa shape index (κ1) is 17.4. The third kappa shape index (κ3) is 4.18. The van der Waals surface area contributed by atoms with Gasteiger partial charge in [0.2, 0.25) is 5.88 Å². The summed E-state index contributed by atoms with van der Waals surface area (Å²) >= 11 is 0. The molecule has 0 aliphatic rings. The van der Waals surface area contributed by atoms with Crippen LogP contribution < -0.4 is 4.74 Å². The SMILES string of the molecule is Cc1cc2c(C)nc(OCc3ccccc3)c(COS(C)(=O)=O)c2o1. The zero-order valence-corrected chi connectivity index (χ0v) is 15.1. The molecule has 0 aliphatic carbocycles. The van der Waals surface area contributed by atoms with Gasteiger partial charge in [0.15, 0.2) is 0 Å². The number of hydrogen-bond acceptors (Lipinski definition) is 6. The third-order valence-electron chi connectivity index (χ3n) is 3.68. The lowest BCUT2D eigenvalue weighted by Crippen LogP contribution is -2.07. The molecule has 1 aromatic carbocycles. The average molecular weight is 361 g/mol. The van der Waals surface area contributed by atoms with Crippen molar-refractivity contribution in [3.63, 3.8) is 0 Å². The molecule has 132 valence electrons. The van der Waals surface area contributed by atoms with Crippen LogP contribution in [0.15, 0.2) is 40.8 Å². The highest BCUT2D eigenvalue weighted by molar-refractivity contribution is 7.85. The minimum atomic E-state index is -3.60. The Bertz CT molecular complexity index is 993. The Balaban J connectivity index is 1.99. The zero-order valence-electron chi connectivity index (χ0n) is 14.3. The molecule has 7 heteroatoms. The summed E-state index contributed by atoms with van der Waals surface area (Å²) in [6.07, 6.45) is 1.00. The predicted molar refractivity (Wildman–Crippen MR) is 93.9 cm³/mol. The van der Waals surface area contributed by atoms with Crippen molar-refractivity contribution in [3.05, 3.63) is 59.0 Å². The zero-order chi connectivity index (χ0) is 18.0. The Hall–Kier alpha value is -2.38. The lowest BCUT2D eigenvalue weighted by atomic mass is 10.1. The van der Waals surface area contributed by atoms with Crippen LogP contribution in [0.4, 0.5) is 0 Å². The van der Waals surface area contributed by atoms with Gasteiger partial charge in [-0.3, -0.25) is 4.18 Å². The summed E-state index contributed by atoms with van der Waals surface area (Å²) in [5, 5.41) is 0.816. The van der Waals surface area contributed by atoms with Crippen LogP contribution in [0, 0.1) is 13.8 Å². The van der Waals surface area contributed by atoms with Gasteiger partial charge in [-0.2, -0.15) is 8.42 Å². The highest BCUT2D eigenvalue weighted by atomic mass is 32.2. The molecular weight excluding hydrogens is 342 g/mol. The van der Waals surface area contributed by atoms with E-state index < -0.39 is 10.1 Å². The second kappa shape index (κ2) is 6.85. The van der Waals surface area contributed by atoms with E-state index in [1.807, 2.05) is 50.2 Å². The number of pyridine rings is 1. The van der Waals surface area contributed by atoms with Gasteiger partial charge in [0.25, 0.3) is 10.1 Å². The van der Waals surface area contributed by atoms with E-state index in [2.05, 4.69) is 4.98 Å². The van der Waals surface area contributed by atoms with Crippen LogP contribution in [0.2, 0.25) is 0 Å². The highest BCUT2D eigenvalue weighted by Crippen LogP contribution is 2.32. The van der Waals surface area contributed by atoms with E-state index in [9.17, 15) is 8.42 Å². The van der Waals surface area contributed by atoms with Crippen molar-refractivity contribution in [2.24, 2.45) is 0 Å². The number of ether oxygens (including phenoxy) is 1. The Kier molecular flexibility index (Phi) is 4.78. The molecule has 0 saturated carbocycles. The van der Waals surface area contributed by atoms with E-state index in [4.69, 9.17) is 13.3 Å². The maximum atomic E-state index is 11.4. The van der Waals surface area contributed by atoms with Crippen LogP contribution in [0.1, 0.15) is 22.6 Å². The second-order valence-electron chi connectivity index (χ2n) is 5.82. The topological polar surface area (TPSA) is 78.6 Å². The quantitative estimate of drug-likeness (QED) is 0.625. The van der Waals surface area contributed by atoms with Crippen LogP contribution in [-0.4, -0.2) is 19.7 Å². The number of furan rings is 1. The van der Waals surface area contributed by atoms with E-state index in [0.717, 1.165) is 22.9 Å². The molecule has 0 aliphatic heterocycles. The summed E-state index contributed by atoms with van der Waals surface area (Å²) < 4.78 is 39.3. The van der Waals surface area contributed by atoms with Crippen LogP contribution in [0.5, 0.6) is 5.88 Å². The molecule has 3 aromatic rings. The van der Waals surface area contributed by atoms with Crippen molar-refractivity contribution in [1.29, 1.82) is 0 Å². The number of fused-ring (bicyclic) bond motifs is 1. The molecule has 25 heavy (non-hydrogen) atoms. The number of benzene rings is 1. The Morgan fingerprint density at radius 3 is 2.52 bits per heavy atom. The van der Waals surface area contributed by atoms with Crippen molar-refractivity contribution < 1.29 is 21.8 Å². The Morgan fingerprint density at radius 2 is 1.84 bits per heavy atom. The molecule has 0 amide bonds. The number of aromatic nitrogens is 1. The largest absolute Gasteiger partial charge is 0.472 e. The Morgan fingerprint density at radius 1 is 1.12 bits per heavy atom. The fraction of sp³-hybridized carbons (Fsp3) is 0.278. The normalized spacial score (nSPS) is 11.8. The highest BCUT2D eigenvalue weighted by Gasteiger charge is 2.19. The molecule has 6 nitrogen and oxygen atoms in total. The van der Waals surface area contributed by atoms with E-state index >= 15 is 0 Å². The van der Waals surface area contributed by atoms with Gasteiger partial charge in [0, 0.05) is 5.39 Å². The summed E-state index contributed by atoms with van der Waals surface area (Å²) in [7, 11) is -3.60. The van der Waals surface area contributed by atoms with Crippen molar-refractivity contribution in [3.8, 4) is 5.88 Å². The maximum absolute atomic E-state index is 11.4. The molecule has 2 aromatic heterocycles. The van der Waals surface area contributed by atoms with Crippen LogP contribution >= 0.6 is 0 Å². The molecule has 0 unspecified atom stereocenters. The van der Waals surface area contributed by atoms with Crippen LogP contribution in [0.3, 0.4) is 0 Å². The Labute approximate surface area is 146 Å². The summed E-state index contributed by atoms with van der Waals surface area (Å²) in [4.78, 5) is 4.47. The van der Waals surface area contributed by atoms with Gasteiger partial charge in [-0.05, 0) is 25.5 Å². The van der Waals surface area contributed by atoms with Gasteiger partial charge in [0.05, 0.1) is 17.5 Å². The first-order valence-electron chi connectivity index (χ1n) is 7.74. The lowest BCUT2D eigenvalue weighted by Gasteiger charge is -2.12. The van der Waals surface area contributed by atoms with Crippen molar-refractivity contribution in [2.45, 2.75) is 27.1 Å². The van der Waals surface area contributed by atoms with Crippen molar-refractivity contribution in [1.82, 2.24) is 4.98 Å². The molecular formula is C18H19NO5S. The van der Waals surface area contributed by atoms with E-state index in [0.29, 0.717) is 29.4 Å². The smallest absolute Gasteiger partial charge is 0.264 e. The first-order chi connectivity index (χ1) is 11.8. The van der Waals surface area contributed by atoms with E-state index in [-0.39, 0.29) is 6.61 Å². The fourth-order valence-corrected chi connectivity index (χ4v) is 2.85. The number of nitrogens with zero attached hydrogens (tertiary/aromatic N) is 1. The van der Waals surface area contributed by atoms with Gasteiger partial charge in [-0.1, -0.05) is 30.3 Å². The summed E-state index contributed by atoms with van der Waals surface area (Å²) in [5.41, 5.74) is 2.75. The molecule has 2 heterocycles. The molecule has 0 radical (unpaired) electrons. The molecule has 0 fully saturated rings. The minimum Gasteiger partial charge on any atom is -0.472 e. The minimum absolute atomic E-state index is 0.195. The van der Waals surface area contributed by atoms with Crippen molar-refractivity contribution in [2.75, 3.05) is 6.26 Å². The number of hydrogen-bond donors (Lipinski definition) is 0. The predicted octanol–water partition coefficient (Wildman–Crippen LogP) is 3.50. The summed E-state index contributed by atoms with van der Waals surface area (Å²) in [6, 6.07) is 11.5. The van der Waals surface area contributed by atoms with Gasteiger partial charge in [-0.15, -0.1) is 0 Å². The number of rotatable bonds is 6. The summed E-state index contributed by atoms with van der Waals surface area (Å²) in [6.45, 7) is 3.79. The molecule has 3 rings (SSSR count). The van der Waals surface area contributed by atoms with Gasteiger partial charge in [0.1, 0.15) is 24.6 Å². The number of aryl methyl sites for hydroxylation is 2. The molecule has 0 saturated heterocycles. The van der Waals surface area contributed by atoms with E-state index in [1.54, 1.807) is 0 Å². The summed E-state index contributed by atoms with van der Waals surface area (Å²) in [5.74, 6) is 1.02. The van der Waals surface area contributed by atoms with Crippen LogP contribution in [0.25, 0.3) is 11.0 Å². The average Bonchev–Trinajstić information content (AvgIpc) is 2.94. The van der Waals surface area contributed by atoms with Gasteiger partial charge >= 0.3 is 0 Å². The third-order valence-corrected chi connectivity index (χ3v) is 4.23. The monoisotopic (exact) mass is 361 g/mol. The standard InChI is InChI=1S/C18H19NO5S/c1-12-9-15-13(2)19-18(22-10-14-7-5-4-6-8-14)16(17(15)24-12)11-23-25(3,20)21/h4-9H,10-11H2,1-3H3. The molecule has 0 N–H and O–H groups in total. The van der Waals surface area contributed by atoms with Crippen LogP contribution in [-0.2, 0) is 27.5 Å². The first-order valence-corrected chi connectivity index (χ1v) is 9.56. The fourth-order valence-electron chi connectivity index (χ4n) is 2.52. The lowest BCUT2D eigenvalue weighted by molar-refractivity contribution is 0.268. The second-order valence-corrected chi connectivity index (χ2v) is 7.47. The molecule has 0 bridgehead atoms. The van der Waals surface area contributed by atoms with E-state index in [1.165, 1.54) is 0 Å². The van der Waals surface area contributed by atoms with Gasteiger partial charge < -0.3 is 9.15 Å². The maximum Gasteiger partial charge on any atom is 0.264 e. The molecule has 0 atom stereocenters. The van der Waals surface area contributed by atoms with Gasteiger partial charge in [-0.25, -0.2) is 4.98 Å². The molecule has 0 spiro atoms.